The fourth-order valence-electron chi connectivity index (χ4n) is 2.30. The quantitative estimate of drug-likeness (QED) is 0.820. The van der Waals surface area contributed by atoms with E-state index in [9.17, 15) is 0 Å². The van der Waals surface area contributed by atoms with Crippen LogP contribution in [0.1, 0.15) is 32.8 Å². The highest BCUT2D eigenvalue weighted by Crippen LogP contribution is 2.22. The van der Waals surface area contributed by atoms with Crippen molar-refractivity contribution in [2.75, 3.05) is 16.8 Å². The minimum atomic E-state index is 0.424. The van der Waals surface area contributed by atoms with Crippen molar-refractivity contribution in [2.45, 2.75) is 39.8 Å². The van der Waals surface area contributed by atoms with Crippen LogP contribution in [0.4, 0.5) is 11.4 Å². The van der Waals surface area contributed by atoms with Crippen molar-refractivity contribution in [2.24, 2.45) is 0 Å². The predicted octanol–water partition coefficient (Wildman–Crippen LogP) is 4.32. The number of aromatic nitrogens is 1. The molecule has 0 atom stereocenters. The van der Waals surface area contributed by atoms with Crippen LogP contribution in [0.15, 0.2) is 48.8 Å². The van der Waals surface area contributed by atoms with Crippen LogP contribution in [0.25, 0.3) is 0 Å². The number of benzene rings is 1. The number of pyridine rings is 1. The molecule has 0 spiro atoms. The lowest BCUT2D eigenvalue weighted by atomic mass is 10.1. The molecule has 0 radical (unpaired) electrons. The summed E-state index contributed by atoms with van der Waals surface area (Å²) >= 11 is 0. The third-order valence-corrected chi connectivity index (χ3v) is 3.45. The summed E-state index contributed by atoms with van der Waals surface area (Å²) < 4.78 is 0. The molecule has 3 nitrogen and oxygen atoms in total. The van der Waals surface area contributed by atoms with Crippen molar-refractivity contribution >= 4 is 11.4 Å². The highest BCUT2D eigenvalue weighted by Gasteiger charge is 2.12. The van der Waals surface area contributed by atoms with E-state index in [0.29, 0.717) is 6.04 Å². The number of nitrogens with zero attached hydrogens (tertiary/aromatic N) is 2. The second kappa shape index (κ2) is 7.67. The summed E-state index contributed by atoms with van der Waals surface area (Å²) in [5.41, 5.74) is 3.57. The molecule has 2 rings (SSSR count). The molecule has 0 aliphatic rings. The SMILES string of the molecule is CCCNc1cncc(N(Cc2ccccc2)C(C)C)c1. The molecule has 0 saturated heterocycles. The van der Waals surface area contributed by atoms with Crippen LogP contribution >= 0.6 is 0 Å². The Morgan fingerprint density at radius 2 is 1.90 bits per heavy atom. The van der Waals surface area contributed by atoms with Crippen molar-refractivity contribution in [3.05, 3.63) is 54.4 Å². The number of rotatable bonds is 7. The minimum absolute atomic E-state index is 0.424. The van der Waals surface area contributed by atoms with E-state index in [1.807, 2.05) is 12.4 Å². The first-order chi connectivity index (χ1) is 10.2. The zero-order valence-corrected chi connectivity index (χ0v) is 13.2. The Hall–Kier alpha value is -2.03. The van der Waals surface area contributed by atoms with E-state index in [2.05, 4.69) is 72.4 Å². The molecule has 1 heterocycles. The Bertz CT molecular complexity index is 537. The van der Waals surface area contributed by atoms with Gasteiger partial charge in [0.1, 0.15) is 0 Å². The highest BCUT2D eigenvalue weighted by molar-refractivity contribution is 5.56. The summed E-state index contributed by atoms with van der Waals surface area (Å²) in [6.45, 7) is 8.48. The van der Waals surface area contributed by atoms with Crippen LogP contribution in [-0.4, -0.2) is 17.6 Å². The summed E-state index contributed by atoms with van der Waals surface area (Å²) in [7, 11) is 0. The van der Waals surface area contributed by atoms with Gasteiger partial charge in [-0.1, -0.05) is 37.3 Å². The van der Waals surface area contributed by atoms with Gasteiger partial charge in [0.05, 0.1) is 23.8 Å². The van der Waals surface area contributed by atoms with Crippen molar-refractivity contribution < 1.29 is 0 Å². The topological polar surface area (TPSA) is 28.2 Å². The molecular weight excluding hydrogens is 258 g/mol. The smallest absolute Gasteiger partial charge is 0.0578 e. The first kappa shape index (κ1) is 15.4. The van der Waals surface area contributed by atoms with Gasteiger partial charge in [-0.25, -0.2) is 0 Å². The van der Waals surface area contributed by atoms with Gasteiger partial charge in [-0.3, -0.25) is 4.98 Å². The van der Waals surface area contributed by atoms with Gasteiger partial charge in [0.25, 0.3) is 0 Å². The van der Waals surface area contributed by atoms with Gasteiger partial charge in [0.2, 0.25) is 0 Å². The molecular formula is C18H25N3. The van der Waals surface area contributed by atoms with Crippen molar-refractivity contribution in [3.8, 4) is 0 Å². The van der Waals surface area contributed by atoms with E-state index in [1.54, 1.807) is 0 Å². The molecule has 0 fully saturated rings. The van der Waals surface area contributed by atoms with Gasteiger partial charge in [-0.05, 0) is 31.9 Å². The monoisotopic (exact) mass is 283 g/mol. The molecule has 1 aromatic carbocycles. The van der Waals surface area contributed by atoms with E-state index in [4.69, 9.17) is 0 Å². The number of hydrogen-bond donors (Lipinski definition) is 1. The predicted molar refractivity (Wildman–Crippen MR) is 90.8 cm³/mol. The molecule has 2 aromatic rings. The van der Waals surface area contributed by atoms with E-state index in [0.717, 1.165) is 30.9 Å². The summed E-state index contributed by atoms with van der Waals surface area (Å²) in [4.78, 5) is 6.75. The van der Waals surface area contributed by atoms with Gasteiger partial charge in [-0.15, -0.1) is 0 Å². The largest absolute Gasteiger partial charge is 0.384 e. The molecule has 0 amide bonds. The number of anilines is 2. The first-order valence-electron chi connectivity index (χ1n) is 7.70. The average Bonchev–Trinajstić information content (AvgIpc) is 2.51. The maximum atomic E-state index is 4.38. The van der Waals surface area contributed by atoms with Gasteiger partial charge < -0.3 is 10.2 Å². The Morgan fingerprint density at radius 3 is 2.57 bits per heavy atom. The maximum absolute atomic E-state index is 4.38. The molecule has 1 N–H and O–H groups in total. The fourth-order valence-corrected chi connectivity index (χ4v) is 2.30. The summed E-state index contributed by atoms with van der Waals surface area (Å²) in [5, 5.41) is 3.40. The van der Waals surface area contributed by atoms with Gasteiger partial charge in [0, 0.05) is 19.1 Å². The Kier molecular flexibility index (Phi) is 5.61. The molecule has 0 unspecified atom stereocenters. The van der Waals surface area contributed by atoms with Crippen LogP contribution in [-0.2, 0) is 6.54 Å². The average molecular weight is 283 g/mol. The lowest BCUT2D eigenvalue weighted by molar-refractivity contribution is 0.681. The fraction of sp³-hybridized carbons (Fsp3) is 0.389. The zero-order chi connectivity index (χ0) is 15.1. The molecule has 0 saturated carbocycles. The van der Waals surface area contributed by atoms with E-state index >= 15 is 0 Å². The standard InChI is InChI=1S/C18H25N3/c1-4-10-20-17-11-18(13-19-12-17)21(15(2)3)14-16-8-6-5-7-9-16/h5-9,11-13,15,20H,4,10,14H2,1-3H3. The Morgan fingerprint density at radius 1 is 1.14 bits per heavy atom. The van der Waals surface area contributed by atoms with Crippen LogP contribution in [0.2, 0.25) is 0 Å². The maximum Gasteiger partial charge on any atom is 0.0578 e. The summed E-state index contributed by atoms with van der Waals surface area (Å²) in [5.74, 6) is 0. The van der Waals surface area contributed by atoms with Crippen LogP contribution in [0.5, 0.6) is 0 Å². The lowest BCUT2D eigenvalue weighted by Crippen LogP contribution is -2.30. The van der Waals surface area contributed by atoms with E-state index in [1.165, 1.54) is 5.56 Å². The van der Waals surface area contributed by atoms with Crippen molar-refractivity contribution in [1.29, 1.82) is 0 Å². The summed E-state index contributed by atoms with van der Waals surface area (Å²) in [6.07, 6.45) is 4.95. The summed E-state index contributed by atoms with van der Waals surface area (Å²) in [6, 6.07) is 13.2. The van der Waals surface area contributed by atoms with Crippen molar-refractivity contribution in [1.82, 2.24) is 4.98 Å². The molecule has 0 aliphatic carbocycles. The molecule has 3 heteroatoms. The molecule has 0 bridgehead atoms. The molecule has 0 aliphatic heterocycles. The van der Waals surface area contributed by atoms with Crippen molar-refractivity contribution in [3.63, 3.8) is 0 Å². The van der Waals surface area contributed by atoms with E-state index in [-0.39, 0.29) is 0 Å². The van der Waals surface area contributed by atoms with Gasteiger partial charge in [0.15, 0.2) is 0 Å². The lowest BCUT2D eigenvalue weighted by Gasteiger charge is -2.29. The number of hydrogen-bond acceptors (Lipinski definition) is 3. The molecule has 1 aromatic heterocycles. The second-order valence-electron chi connectivity index (χ2n) is 5.57. The van der Waals surface area contributed by atoms with E-state index < -0.39 is 0 Å². The van der Waals surface area contributed by atoms with Gasteiger partial charge in [-0.2, -0.15) is 0 Å². The third-order valence-electron chi connectivity index (χ3n) is 3.45. The normalized spacial score (nSPS) is 10.7. The molecule has 21 heavy (non-hydrogen) atoms. The number of nitrogens with one attached hydrogen (secondary N) is 1. The molecule has 112 valence electrons. The van der Waals surface area contributed by atoms with Gasteiger partial charge >= 0.3 is 0 Å². The Labute approximate surface area is 128 Å². The van der Waals surface area contributed by atoms with Crippen LogP contribution in [0.3, 0.4) is 0 Å². The van der Waals surface area contributed by atoms with Crippen LogP contribution in [0, 0.1) is 0 Å². The third kappa shape index (κ3) is 4.48. The second-order valence-corrected chi connectivity index (χ2v) is 5.57. The zero-order valence-electron chi connectivity index (χ0n) is 13.2. The first-order valence-corrected chi connectivity index (χ1v) is 7.70. The minimum Gasteiger partial charge on any atom is -0.384 e. The highest BCUT2D eigenvalue weighted by atomic mass is 15.2. The van der Waals surface area contributed by atoms with Crippen LogP contribution < -0.4 is 10.2 Å². The Balaban J connectivity index is 2.18.